The number of nitrogens with zero attached hydrogens (tertiary/aromatic N) is 1. The molecule has 3 aromatic rings. The molecule has 0 N–H and O–H groups in total. The van der Waals surface area contributed by atoms with Crippen molar-refractivity contribution >= 4 is 62.3 Å². The van der Waals surface area contributed by atoms with E-state index in [1.165, 1.54) is 43.5 Å². The number of methoxy groups -OCH3 is 1. The van der Waals surface area contributed by atoms with Crippen LogP contribution in [0.25, 0.3) is 6.08 Å². The third kappa shape index (κ3) is 5.48. The summed E-state index contributed by atoms with van der Waals surface area (Å²) in [6.07, 6.45) is 1.40. The highest BCUT2D eigenvalue weighted by Gasteiger charge is 2.36. The standard InChI is InChI=1S/C24H17Cl2NO6S2/c1-32-20-8-4-6-15(22(20)33-35(30,31)18-11-9-17(25)10-12-18)13-21-23(28)27(24(29)34-21)14-16-5-2-3-7-19(16)26/h2-13H,14H2,1H3/b21-13-. The van der Waals surface area contributed by atoms with E-state index in [0.717, 1.165) is 16.7 Å². The lowest BCUT2D eigenvalue weighted by atomic mass is 10.1. The highest BCUT2D eigenvalue weighted by molar-refractivity contribution is 8.18. The highest BCUT2D eigenvalue weighted by atomic mass is 35.5. The fraction of sp³-hybridized carbons (Fsp3) is 0.0833. The number of ether oxygens (including phenoxy) is 1. The van der Waals surface area contributed by atoms with Gasteiger partial charge in [0.15, 0.2) is 11.5 Å². The van der Waals surface area contributed by atoms with Crippen LogP contribution in [-0.2, 0) is 21.5 Å². The zero-order valence-corrected chi connectivity index (χ0v) is 21.2. The summed E-state index contributed by atoms with van der Waals surface area (Å²) in [4.78, 5) is 26.6. The van der Waals surface area contributed by atoms with Crippen LogP contribution in [0.4, 0.5) is 4.79 Å². The van der Waals surface area contributed by atoms with Crippen LogP contribution in [0, 0.1) is 0 Å². The molecule has 3 aromatic carbocycles. The Kier molecular flexibility index (Phi) is 7.42. The van der Waals surface area contributed by atoms with E-state index in [9.17, 15) is 18.0 Å². The monoisotopic (exact) mass is 549 g/mol. The van der Waals surface area contributed by atoms with E-state index in [1.807, 2.05) is 0 Å². The Balaban J connectivity index is 1.67. The van der Waals surface area contributed by atoms with Crippen molar-refractivity contribution in [2.45, 2.75) is 11.4 Å². The Labute approximate surface area is 216 Å². The van der Waals surface area contributed by atoms with Gasteiger partial charge in [-0.1, -0.05) is 53.5 Å². The minimum atomic E-state index is -4.25. The first-order chi connectivity index (χ1) is 16.7. The molecule has 0 unspecified atom stereocenters. The Morgan fingerprint density at radius 1 is 0.971 bits per heavy atom. The molecule has 0 bridgehead atoms. The van der Waals surface area contributed by atoms with Crippen LogP contribution < -0.4 is 8.92 Å². The molecule has 1 saturated heterocycles. The Morgan fingerprint density at radius 2 is 1.69 bits per heavy atom. The maximum Gasteiger partial charge on any atom is 0.339 e. The highest BCUT2D eigenvalue weighted by Crippen LogP contribution is 2.39. The van der Waals surface area contributed by atoms with Gasteiger partial charge in [0.2, 0.25) is 0 Å². The number of thioether (sulfide) groups is 1. The summed E-state index contributed by atoms with van der Waals surface area (Å²) in [6.45, 7) is 0.00803. The molecule has 7 nitrogen and oxygen atoms in total. The van der Waals surface area contributed by atoms with Crippen molar-refractivity contribution in [2.24, 2.45) is 0 Å². The number of amides is 2. The van der Waals surface area contributed by atoms with E-state index in [1.54, 1.807) is 36.4 Å². The largest absolute Gasteiger partial charge is 0.493 e. The molecule has 180 valence electrons. The third-order valence-electron chi connectivity index (χ3n) is 4.97. The quantitative estimate of drug-likeness (QED) is 0.263. The van der Waals surface area contributed by atoms with Crippen molar-refractivity contribution in [1.82, 2.24) is 4.90 Å². The lowest BCUT2D eigenvalue weighted by molar-refractivity contribution is -0.123. The van der Waals surface area contributed by atoms with Crippen LogP contribution in [0.2, 0.25) is 10.0 Å². The van der Waals surface area contributed by atoms with Crippen molar-refractivity contribution in [2.75, 3.05) is 7.11 Å². The third-order valence-corrected chi connectivity index (χ3v) is 7.73. The van der Waals surface area contributed by atoms with E-state index in [4.69, 9.17) is 32.1 Å². The summed E-state index contributed by atoms with van der Waals surface area (Å²) in [6, 6.07) is 17.1. The number of rotatable bonds is 7. The van der Waals surface area contributed by atoms with Gasteiger partial charge in [0, 0.05) is 15.6 Å². The molecule has 11 heteroatoms. The molecule has 0 saturated carbocycles. The Hall–Kier alpha value is -2.98. The number of imide groups is 1. The molecule has 0 radical (unpaired) electrons. The minimum Gasteiger partial charge on any atom is -0.493 e. The zero-order chi connectivity index (χ0) is 25.2. The molecule has 35 heavy (non-hydrogen) atoms. The van der Waals surface area contributed by atoms with Crippen molar-refractivity contribution in [3.05, 3.63) is 92.8 Å². The molecule has 1 fully saturated rings. The molecular weight excluding hydrogens is 533 g/mol. The number of benzene rings is 3. The van der Waals surface area contributed by atoms with Crippen molar-refractivity contribution in [3.8, 4) is 11.5 Å². The van der Waals surface area contributed by atoms with Crippen LogP contribution in [0.5, 0.6) is 11.5 Å². The van der Waals surface area contributed by atoms with Crippen LogP contribution in [-0.4, -0.2) is 31.6 Å². The molecular formula is C24H17Cl2NO6S2. The van der Waals surface area contributed by atoms with Gasteiger partial charge in [-0.3, -0.25) is 14.5 Å². The fourth-order valence-corrected chi connectivity index (χ4v) is 5.34. The summed E-state index contributed by atoms with van der Waals surface area (Å²) < 4.78 is 36.5. The second-order valence-corrected chi connectivity index (χ2v) is 10.6. The van der Waals surface area contributed by atoms with Crippen molar-refractivity contribution in [3.63, 3.8) is 0 Å². The van der Waals surface area contributed by atoms with E-state index in [0.29, 0.717) is 15.6 Å². The molecule has 0 atom stereocenters. The molecule has 1 aliphatic heterocycles. The smallest absolute Gasteiger partial charge is 0.339 e. The van der Waals surface area contributed by atoms with Crippen LogP contribution in [0.3, 0.4) is 0 Å². The first kappa shape index (κ1) is 25.1. The number of halogens is 2. The SMILES string of the molecule is COc1cccc(/C=C2\SC(=O)N(Cc3ccccc3Cl)C2=O)c1OS(=O)(=O)c1ccc(Cl)cc1. The lowest BCUT2D eigenvalue weighted by Crippen LogP contribution is -2.27. The molecule has 1 aliphatic rings. The van der Waals surface area contributed by atoms with E-state index in [2.05, 4.69) is 0 Å². The Morgan fingerprint density at radius 3 is 2.37 bits per heavy atom. The van der Waals surface area contributed by atoms with Crippen LogP contribution in [0.1, 0.15) is 11.1 Å². The predicted octanol–water partition coefficient (Wildman–Crippen LogP) is 6.01. The second kappa shape index (κ2) is 10.3. The molecule has 0 aromatic heterocycles. The second-order valence-electron chi connectivity index (χ2n) is 7.23. The van der Waals surface area contributed by atoms with Gasteiger partial charge in [0.1, 0.15) is 4.90 Å². The van der Waals surface area contributed by atoms with Gasteiger partial charge in [0.25, 0.3) is 11.1 Å². The van der Waals surface area contributed by atoms with Gasteiger partial charge in [0.05, 0.1) is 18.6 Å². The summed E-state index contributed by atoms with van der Waals surface area (Å²) in [5, 5.41) is 0.334. The zero-order valence-electron chi connectivity index (χ0n) is 18.1. The fourth-order valence-electron chi connectivity index (χ4n) is 3.23. The van der Waals surface area contributed by atoms with E-state index < -0.39 is 21.3 Å². The predicted molar refractivity (Wildman–Crippen MR) is 135 cm³/mol. The Bertz CT molecular complexity index is 1440. The summed E-state index contributed by atoms with van der Waals surface area (Å²) >= 11 is 12.8. The minimum absolute atomic E-state index is 0.00803. The number of hydrogen-bond acceptors (Lipinski definition) is 7. The summed E-state index contributed by atoms with van der Waals surface area (Å²) in [7, 11) is -2.89. The van der Waals surface area contributed by atoms with Crippen LogP contribution in [0.15, 0.2) is 76.5 Å². The summed E-state index contributed by atoms with van der Waals surface area (Å²) in [5.74, 6) is -0.524. The summed E-state index contributed by atoms with van der Waals surface area (Å²) in [5.41, 5.74) is 0.863. The normalized spacial score (nSPS) is 15.1. The lowest BCUT2D eigenvalue weighted by Gasteiger charge is -2.14. The van der Waals surface area contributed by atoms with Crippen LogP contribution >= 0.6 is 35.0 Å². The number of carbonyl (C=O) groups excluding carboxylic acids is 2. The van der Waals surface area contributed by atoms with Gasteiger partial charge < -0.3 is 8.92 Å². The van der Waals surface area contributed by atoms with Crippen molar-refractivity contribution < 1.29 is 26.9 Å². The average Bonchev–Trinajstić information content (AvgIpc) is 3.09. The topological polar surface area (TPSA) is 90.0 Å². The number of carbonyl (C=O) groups is 2. The molecule has 0 aliphatic carbocycles. The molecule has 0 spiro atoms. The first-order valence-electron chi connectivity index (χ1n) is 10.1. The van der Waals surface area contributed by atoms with Gasteiger partial charge in [-0.25, -0.2) is 0 Å². The number of hydrogen-bond donors (Lipinski definition) is 0. The average molecular weight is 550 g/mol. The molecule has 4 rings (SSSR count). The maximum absolute atomic E-state index is 13.0. The maximum atomic E-state index is 13.0. The van der Waals surface area contributed by atoms with Crippen molar-refractivity contribution in [1.29, 1.82) is 0 Å². The van der Waals surface area contributed by atoms with Gasteiger partial charge >= 0.3 is 10.1 Å². The molecule has 1 heterocycles. The van der Waals surface area contributed by atoms with E-state index >= 15 is 0 Å². The molecule has 2 amide bonds. The first-order valence-corrected chi connectivity index (χ1v) is 13.0. The van der Waals surface area contributed by atoms with Gasteiger partial charge in [-0.15, -0.1) is 0 Å². The van der Waals surface area contributed by atoms with Gasteiger partial charge in [-0.05, 0) is 59.8 Å². The van der Waals surface area contributed by atoms with Gasteiger partial charge in [-0.2, -0.15) is 8.42 Å². The number of para-hydroxylation sites is 1. The van der Waals surface area contributed by atoms with E-state index in [-0.39, 0.29) is 33.4 Å².